The first-order valence-corrected chi connectivity index (χ1v) is 5.87. The molecule has 0 aromatic heterocycles. The normalized spacial score (nSPS) is 18.7. The number of rotatable bonds is 2. The molecule has 92 valence electrons. The van der Waals surface area contributed by atoms with E-state index in [9.17, 15) is 9.18 Å². The predicted octanol–water partition coefficient (Wildman–Crippen LogP) is 2.06. The van der Waals surface area contributed by atoms with E-state index in [2.05, 4.69) is 26.8 Å². The van der Waals surface area contributed by atoms with E-state index in [-0.39, 0.29) is 17.9 Å². The number of halogens is 2. The first-order valence-electron chi connectivity index (χ1n) is 5.07. The van der Waals surface area contributed by atoms with Crippen LogP contribution in [0.15, 0.2) is 27.7 Å². The summed E-state index contributed by atoms with van der Waals surface area (Å²) in [5, 5.41) is 0. The lowest BCUT2D eigenvalue weighted by Gasteiger charge is -2.22. The topological polar surface area (TPSA) is 58.7 Å². The average molecular weight is 310 g/mol. The van der Waals surface area contributed by atoms with Crippen molar-refractivity contribution < 1.29 is 9.18 Å². The minimum Gasteiger partial charge on any atom is -0.385 e. The zero-order valence-electron chi connectivity index (χ0n) is 9.23. The summed E-state index contributed by atoms with van der Waals surface area (Å²) >= 11 is 3.16. The van der Waals surface area contributed by atoms with E-state index in [1.807, 2.05) is 0 Å². The SMILES string of the molecule is C#CCN1C(=O)N=C(N)C1c1ccc(Br)cc1F. The Balaban J connectivity index is 2.45. The van der Waals surface area contributed by atoms with Gasteiger partial charge in [0.25, 0.3) is 0 Å². The third kappa shape index (κ3) is 2.09. The summed E-state index contributed by atoms with van der Waals surface area (Å²) in [6, 6.07) is 3.25. The second kappa shape index (κ2) is 4.78. The van der Waals surface area contributed by atoms with Gasteiger partial charge in [0.15, 0.2) is 0 Å². The molecule has 1 aliphatic heterocycles. The minimum atomic E-state index is -0.735. The third-order valence-corrected chi connectivity index (χ3v) is 3.07. The Morgan fingerprint density at radius 2 is 2.33 bits per heavy atom. The Kier molecular flexibility index (Phi) is 3.34. The van der Waals surface area contributed by atoms with Crippen molar-refractivity contribution in [3.63, 3.8) is 0 Å². The maximum atomic E-state index is 13.9. The number of carbonyl (C=O) groups excluding carboxylic acids is 1. The summed E-state index contributed by atoms with van der Waals surface area (Å²) in [7, 11) is 0. The van der Waals surface area contributed by atoms with Gasteiger partial charge in [-0.2, -0.15) is 4.99 Å². The summed E-state index contributed by atoms with van der Waals surface area (Å²) in [4.78, 5) is 16.4. The number of nitrogens with zero attached hydrogens (tertiary/aromatic N) is 2. The van der Waals surface area contributed by atoms with Crippen LogP contribution in [0.5, 0.6) is 0 Å². The predicted molar refractivity (Wildman–Crippen MR) is 69.4 cm³/mol. The quantitative estimate of drug-likeness (QED) is 0.850. The molecule has 0 bridgehead atoms. The minimum absolute atomic E-state index is 0.0310. The van der Waals surface area contributed by atoms with Crippen molar-refractivity contribution in [3.05, 3.63) is 34.1 Å². The van der Waals surface area contributed by atoms with E-state index in [4.69, 9.17) is 12.2 Å². The Hall–Kier alpha value is -1.87. The maximum Gasteiger partial charge on any atom is 0.346 e. The van der Waals surface area contributed by atoms with Crippen molar-refractivity contribution in [2.75, 3.05) is 6.54 Å². The van der Waals surface area contributed by atoms with Crippen LogP contribution in [0.25, 0.3) is 0 Å². The molecule has 6 heteroatoms. The van der Waals surface area contributed by atoms with Crippen molar-refractivity contribution in [3.8, 4) is 12.3 Å². The number of amidine groups is 1. The Morgan fingerprint density at radius 1 is 1.61 bits per heavy atom. The average Bonchev–Trinajstić information content (AvgIpc) is 2.56. The van der Waals surface area contributed by atoms with Crippen LogP contribution in [-0.2, 0) is 0 Å². The van der Waals surface area contributed by atoms with E-state index < -0.39 is 17.9 Å². The molecule has 1 aromatic rings. The number of carbonyl (C=O) groups is 1. The lowest BCUT2D eigenvalue weighted by Crippen LogP contribution is -2.34. The Labute approximate surface area is 112 Å². The molecule has 2 amide bonds. The zero-order valence-corrected chi connectivity index (χ0v) is 10.8. The molecule has 1 heterocycles. The fourth-order valence-corrected chi connectivity index (χ4v) is 2.15. The van der Waals surface area contributed by atoms with Crippen LogP contribution in [0, 0.1) is 18.2 Å². The molecule has 1 atom stereocenters. The highest BCUT2D eigenvalue weighted by atomic mass is 79.9. The molecular formula is C12H9BrFN3O. The summed E-state index contributed by atoms with van der Waals surface area (Å²) in [5.41, 5.74) is 5.95. The standard InChI is InChI=1S/C12H9BrFN3O/c1-2-5-17-10(11(15)16-12(17)18)8-4-3-7(13)6-9(8)14/h1,3-4,6,10H,5H2,(H2,15,16,18). The van der Waals surface area contributed by atoms with Crippen LogP contribution < -0.4 is 5.73 Å². The van der Waals surface area contributed by atoms with Crippen molar-refractivity contribution in [1.82, 2.24) is 4.90 Å². The molecule has 1 unspecified atom stereocenters. The van der Waals surface area contributed by atoms with Gasteiger partial charge in [0, 0.05) is 10.0 Å². The monoisotopic (exact) mass is 309 g/mol. The van der Waals surface area contributed by atoms with Gasteiger partial charge in [-0.05, 0) is 12.1 Å². The van der Waals surface area contributed by atoms with Crippen LogP contribution in [0.3, 0.4) is 0 Å². The molecule has 0 spiro atoms. The smallest absolute Gasteiger partial charge is 0.346 e. The van der Waals surface area contributed by atoms with E-state index in [0.29, 0.717) is 4.47 Å². The van der Waals surface area contributed by atoms with Crippen molar-refractivity contribution in [2.45, 2.75) is 6.04 Å². The molecule has 1 aromatic carbocycles. The van der Waals surface area contributed by atoms with E-state index >= 15 is 0 Å². The van der Waals surface area contributed by atoms with Crippen molar-refractivity contribution >= 4 is 27.8 Å². The molecule has 18 heavy (non-hydrogen) atoms. The Bertz CT molecular complexity index is 579. The molecule has 0 fully saturated rings. The second-order valence-electron chi connectivity index (χ2n) is 3.72. The molecule has 1 aliphatic rings. The molecule has 0 saturated carbocycles. The number of nitrogens with two attached hydrogens (primary N) is 1. The molecule has 0 saturated heterocycles. The van der Waals surface area contributed by atoms with Crippen LogP contribution in [0.1, 0.15) is 11.6 Å². The summed E-state index contributed by atoms with van der Waals surface area (Å²) in [5.74, 6) is 1.92. The number of hydrogen-bond acceptors (Lipinski definition) is 2. The van der Waals surface area contributed by atoms with Crippen molar-refractivity contribution in [1.29, 1.82) is 0 Å². The van der Waals surface area contributed by atoms with Crippen LogP contribution >= 0.6 is 15.9 Å². The molecule has 2 rings (SSSR count). The third-order valence-electron chi connectivity index (χ3n) is 2.58. The molecule has 0 aliphatic carbocycles. The lowest BCUT2D eigenvalue weighted by molar-refractivity contribution is 0.213. The highest BCUT2D eigenvalue weighted by Gasteiger charge is 2.35. The van der Waals surface area contributed by atoms with Crippen molar-refractivity contribution in [2.24, 2.45) is 10.7 Å². The van der Waals surface area contributed by atoms with Crippen LogP contribution in [0.2, 0.25) is 0 Å². The second-order valence-corrected chi connectivity index (χ2v) is 4.64. The van der Waals surface area contributed by atoms with Gasteiger partial charge >= 0.3 is 6.03 Å². The number of aliphatic imine (C=N–C) groups is 1. The fraction of sp³-hybridized carbons (Fsp3) is 0.167. The van der Waals surface area contributed by atoms with Gasteiger partial charge in [-0.3, -0.25) is 4.90 Å². The van der Waals surface area contributed by atoms with E-state index in [1.54, 1.807) is 12.1 Å². The van der Waals surface area contributed by atoms with Crippen LogP contribution in [-0.4, -0.2) is 23.3 Å². The van der Waals surface area contributed by atoms with Gasteiger partial charge in [-0.1, -0.05) is 27.9 Å². The Morgan fingerprint density at radius 3 is 2.94 bits per heavy atom. The fourth-order valence-electron chi connectivity index (χ4n) is 1.81. The molecule has 0 radical (unpaired) electrons. The number of terminal acetylenes is 1. The molecular weight excluding hydrogens is 301 g/mol. The first-order chi connectivity index (χ1) is 8.54. The van der Waals surface area contributed by atoms with E-state index in [0.717, 1.165) is 0 Å². The largest absolute Gasteiger partial charge is 0.385 e. The van der Waals surface area contributed by atoms with Gasteiger partial charge < -0.3 is 5.73 Å². The zero-order chi connectivity index (χ0) is 13.3. The number of hydrogen-bond donors (Lipinski definition) is 1. The maximum absolute atomic E-state index is 13.9. The summed E-state index contributed by atoms with van der Waals surface area (Å²) in [6.45, 7) is 0.0310. The van der Waals surface area contributed by atoms with Gasteiger partial charge in [-0.25, -0.2) is 9.18 Å². The number of urea groups is 1. The van der Waals surface area contributed by atoms with Gasteiger partial charge in [0.05, 0.1) is 6.54 Å². The summed E-state index contributed by atoms with van der Waals surface area (Å²) < 4.78 is 14.5. The molecule has 4 nitrogen and oxygen atoms in total. The highest BCUT2D eigenvalue weighted by Crippen LogP contribution is 2.29. The number of amides is 2. The highest BCUT2D eigenvalue weighted by molar-refractivity contribution is 9.10. The van der Waals surface area contributed by atoms with E-state index in [1.165, 1.54) is 11.0 Å². The van der Waals surface area contributed by atoms with Crippen LogP contribution in [0.4, 0.5) is 9.18 Å². The molecule has 2 N–H and O–H groups in total. The number of benzene rings is 1. The van der Waals surface area contributed by atoms with Gasteiger partial charge in [-0.15, -0.1) is 6.42 Å². The first kappa shape index (κ1) is 12.6. The van der Waals surface area contributed by atoms with Gasteiger partial charge in [0.2, 0.25) is 0 Å². The summed E-state index contributed by atoms with van der Waals surface area (Å²) in [6.07, 6.45) is 5.18. The van der Waals surface area contributed by atoms with Gasteiger partial charge in [0.1, 0.15) is 17.7 Å². The lowest BCUT2D eigenvalue weighted by atomic mass is 10.0.